The molecule has 0 radical (unpaired) electrons. The lowest BCUT2D eigenvalue weighted by atomic mass is 10.0. The van der Waals surface area contributed by atoms with Gasteiger partial charge in [0, 0.05) is 22.7 Å². The van der Waals surface area contributed by atoms with Crippen molar-refractivity contribution in [2.45, 2.75) is 32.3 Å². The molecule has 0 atom stereocenters. The molecule has 27 heavy (non-hydrogen) atoms. The number of ether oxygens (including phenoxy) is 1. The third kappa shape index (κ3) is 3.21. The molecule has 1 aromatic carbocycles. The quantitative estimate of drug-likeness (QED) is 0.389. The van der Waals surface area contributed by atoms with Crippen molar-refractivity contribution in [1.82, 2.24) is 9.38 Å². The van der Waals surface area contributed by atoms with E-state index in [1.807, 2.05) is 0 Å². The van der Waals surface area contributed by atoms with E-state index in [1.54, 1.807) is 4.40 Å². The highest BCUT2D eigenvalue weighted by molar-refractivity contribution is 7.17. The van der Waals surface area contributed by atoms with Crippen molar-refractivity contribution in [3.63, 3.8) is 0 Å². The summed E-state index contributed by atoms with van der Waals surface area (Å²) in [6.45, 7) is -0.223. The van der Waals surface area contributed by atoms with Gasteiger partial charge in [-0.15, -0.1) is 11.3 Å². The van der Waals surface area contributed by atoms with Gasteiger partial charge in [0.1, 0.15) is 12.2 Å². The van der Waals surface area contributed by atoms with Gasteiger partial charge in [-0.3, -0.25) is 19.3 Å². The molecule has 1 aliphatic rings. The minimum absolute atomic E-state index is 0.133. The number of rotatable bonds is 4. The monoisotopic (exact) mass is 385 g/mol. The van der Waals surface area contributed by atoms with Crippen molar-refractivity contribution in [2.75, 3.05) is 0 Å². The Kier molecular flexibility index (Phi) is 4.44. The van der Waals surface area contributed by atoms with E-state index in [4.69, 9.17) is 4.74 Å². The lowest BCUT2D eigenvalue weighted by Gasteiger charge is -2.10. The zero-order valence-corrected chi connectivity index (χ0v) is 15.0. The number of hydrogen-bond acceptors (Lipinski definition) is 7. The fraction of sp³-hybridized carbons (Fsp3) is 0.278. The average Bonchev–Trinajstić information content (AvgIpc) is 3.05. The fourth-order valence-electron chi connectivity index (χ4n) is 3.24. The molecule has 0 amide bonds. The molecule has 2 heterocycles. The summed E-state index contributed by atoms with van der Waals surface area (Å²) in [5.41, 5.74) is 0.702. The topological polar surface area (TPSA) is 104 Å². The van der Waals surface area contributed by atoms with E-state index in [0.717, 1.165) is 31.4 Å². The standard InChI is InChI=1S/C18H15N3O5S/c22-16-9-11(19-18-20(16)14-7-3-4-8-15(14)27-18)10-26-17(23)12-5-1-2-6-13(12)21(24)25/h1-2,5-6,9H,3-4,7-8,10H2. The number of nitro groups is 1. The number of benzene rings is 1. The molecule has 9 heteroatoms. The third-order valence-corrected chi connectivity index (χ3v) is 5.63. The first-order valence-electron chi connectivity index (χ1n) is 8.48. The van der Waals surface area contributed by atoms with Crippen LogP contribution >= 0.6 is 11.3 Å². The summed E-state index contributed by atoms with van der Waals surface area (Å²) in [4.78, 5) is 41.3. The molecule has 0 saturated heterocycles. The van der Waals surface area contributed by atoms with E-state index in [1.165, 1.54) is 46.5 Å². The van der Waals surface area contributed by atoms with E-state index in [9.17, 15) is 19.7 Å². The van der Waals surface area contributed by atoms with Crippen LogP contribution in [0.25, 0.3) is 4.96 Å². The smallest absolute Gasteiger partial charge is 0.345 e. The maximum Gasteiger partial charge on any atom is 0.345 e. The van der Waals surface area contributed by atoms with Crippen LogP contribution in [0.3, 0.4) is 0 Å². The number of para-hydroxylation sites is 1. The Labute approximate surface area is 157 Å². The molecule has 0 spiro atoms. The maximum absolute atomic E-state index is 12.5. The zero-order valence-electron chi connectivity index (χ0n) is 14.2. The molecular weight excluding hydrogens is 370 g/mol. The highest BCUT2D eigenvalue weighted by atomic mass is 32.1. The molecule has 3 aromatic rings. The Bertz CT molecular complexity index is 1120. The first-order valence-corrected chi connectivity index (χ1v) is 9.30. The average molecular weight is 385 g/mol. The zero-order chi connectivity index (χ0) is 19.0. The van der Waals surface area contributed by atoms with Gasteiger partial charge in [-0.05, 0) is 31.7 Å². The predicted octanol–water partition coefficient (Wildman–Crippen LogP) is 2.90. The van der Waals surface area contributed by atoms with E-state index in [2.05, 4.69) is 4.98 Å². The SMILES string of the molecule is O=C(OCc1cc(=O)n2c3c(sc2n1)CCCC3)c1ccccc1[N+](=O)[O-]. The van der Waals surface area contributed by atoms with Gasteiger partial charge in [0.2, 0.25) is 0 Å². The number of esters is 1. The van der Waals surface area contributed by atoms with Gasteiger partial charge in [-0.1, -0.05) is 12.1 Å². The van der Waals surface area contributed by atoms with Gasteiger partial charge >= 0.3 is 5.97 Å². The van der Waals surface area contributed by atoms with Crippen LogP contribution in [-0.4, -0.2) is 20.3 Å². The number of carbonyl (C=O) groups excluding carboxylic acids is 1. The number of thiazole rings is 1. The van der Waals surface area contributed by atoms with Crippen LogP contribution < -0.4 is 5.56 Å². The second-order valence-corrected chi connectivity index (χ2v) is 7.30. The Morgan fingerprint density at radius 2 is 2.07 bits per heavy atom. The summed E-state index contributed by atoms with van der Waals surface area (Å²) in [5.74, 6) is -0.824. The van der Waals surface area contributed by atoms with Crippen molar-refractivity contribution in [1.29, 1.82) is 0 Å². The molecule has 0 N–H and O–H groups in total. The highest BCUT2D eigenvalue weighted by Gasteiger charge is 2.22. The molecule has 0 fully saturated rings. The van der Waals surface area contributed by atoms with Crippen molar-refractivity contribution in [3.8, 4) is 0 Å². The first-order chi connectivity index (χ1) is 13.0. The third-order valence-electron chi connectivity index (χ3n) is 4.49. The molecule has 8 nitrogen and oxygen atoms in total. The number of hydrogen-bond donors (Lipinski definition) is 0. The van der Waals surface area contributed by atoms with Crippen LogP contribution in [0, 0.1) is 10.1 Å². The van der Waals surface area contributed by atoms with Crippen LogP contribution in [0.1, 0.15) is 39.5 Å². The molecular formula is C18H15N3O5S. The molecule has 0 aliphatic heterocycles. The van der Waals surface area contributed by atoms with E-state index in [-0.39, 0.29) is 23.4 Å². The highest BCUT2D eigenvalue weighted by Crippen LogP contribution is 2.28. The maximum atomic E-state index is 12.5. The summed E-state index contributed by atoms with van der Waals surface area (Å²) in [6, 6.07) is 6.92. The largest absolute Gasteiger partial charge is 0.455 e. The molecule has 138 valence electrons. The van der Waals surface area contributed by atoms with Crippen LogP contribution in [-0.2, 0) is 24.2 Å². The summed E-state index contributed by atoms with van der Waals surface area (Å²) >= 11 is 1.49. The van der Waals surface area contributed by atoms with Crippen LogP contribution in [0.2, 0.25) is 0 Å². The van der Waals surface area contributed by atoms with Gasteiger partial charge in [0.25, 0.3) is 11.2 Å². The predicted molar refractivity (Wildman–Crippen MR) is 98.2 cm³/mol. The molecule has 4 rings (SSSR count). The number of fused-ring (bicyclic) bond motifs is 3. The number of nitrogens with zero attached hydrogens (tertiary/aromatic N) is 3. The van der Waals surface area contributed by atoms with Crippen molar-refractivity contribution in [2.24, 2.45) is 0 Å². The van der Waals surface area contributed by atoms with Crippen LogP contribution in [0.5, 0.6) is 0 Å². The summed E-state index contributed by atoms with van der Waals surface area (Å²) in [7, 11) is 0. The van der Waals surface area contributed by atoms with Gasteiger partial charge in [-0.2, -0.15) is 0 Å². The Hall–Kier alpha value is -3.07. The summed E-state index contributed by atoms with van der Waals surface area (Å²) in [5, 5.41) is 11.0. The van der Waals surface area contributed by atoms with Crippen molar-refractivity contribution in [3.05, 3.63) is 72.6 Å². The Balaban J connectivity index is 1.59. The molecule has 0 unspecified atom stereocenters. The van der Waals surface area contributed by atoms with E-state index >= 15 is 0 Å². The number of nitro benzene ring substituents is 1. The number of aryl methyl sites for hydroxylation is 2. The second kappa shape index (κ2) is 6.92. The lowest BCUT2D eigenvalue weighted by Crippen LogP contribution is -2.18. The number of carbonyl (C=O) groups is 1. The Morgan fingerprint density at radius 3 is 2.89 bits per heavy atom. The summed E-state index contributed by atoms with van der Waals surface area (Å²) in [6.07, 6.45) is 3.98. The van der Waals surface area contributed by atoms with Gasteiger partial charge in [-0.25, -0.2) is 9.78 Å². The second-order valence-electron chi connectivity index (χ2n) is 6.23. The van der Waals surface area contributed by atoms with E-state index < -0.39 is 10.9 Å². The molecule has 2 aromatic heterocycles. The van der Waals surface area contributed by atoms with Crippen LogP contribution in [0.4, 0.5) is 5.69 Å². The Morgan fingerprint density at radius 1 is 1.30 bits per heavy atom. The fourth-order valence-corrected chi connectivity index (χ4v) is 4.47. The van der Waals surface area contributed by atoms with E-state index in [0.29, 0.717) is 10.7 Å². The van der Waals surface area contributed by atoms with Crippen LogP contribution in [0.15, 0.2) is 35.1 Å². The normalized spacial score (nSPS) is 13.3. The first kappa shape index (κ1) is 17.3. The van der Waals surface area contributed by atoms with Crippen molar-refractivity contribution < 1.29 is 14.5 Å². The number of aromatic nitrogens is 2. The molecule has 1 aliphatic carbocycles. The minimum Gasteiger partial charge on any atom is -0.455 e. The van der Waals surface area contributed by atoms with Gasteiger partial charge in [0.15, 0.2) is 4.96 Å². The lowest BCUT2D eigenvalue weighted by molar-refractivity contribution is -0.385. The molecule has 0 bridgehead atoms. The molecule has 0 saturated carbocycles. The minimum atomic E-state index is -0.824. The van der Waals surface area contributed by atoms with Crippen molar-refractivity contribution >= 4 is 28.0 Å². The van der Waals surface area contributed by atoms with Gasteiger partial charge < -0.3 is 4.74 Å². The van der Waals surface area contributed by atoms with Gasteiger partial charge in [0.05, 0.1) is 10.6 Å². The summed E-state index contributed by atoms with van der Waals surface area (Å²) < 4.78 is 6.79.